The van der Waals surface area contributed by atoms with Crippen LogP contribution in [0.1, 0.15) is 45.8 Å². The van der Waals surface area contributed by atoms with Crippen LogP contribution in [-0.2, 0) is 9.53 Å². The molecule has 2 N–H and O–H groups in total. The second-order valence-electron chi connectivity index (χ2n) is 6.60. The molecule has 1 aromatic rings. The van der Waals surface area contributed by atoms with Crippen LogP contribution >= 0.6 is 0 Å². The maximum absolute atomic E-state index is 12.2. The van der Waals surface area contributed by atoms with E-state index in [0.717, 1.165) is 19.3 Å². The van der Waals surface area contributed by atoms with Crippen LogP contribution in [0.25, 0.3) is 0 Å². The van der Waals surface area contributed by atoms with Gasteiger partial charge in [0.05, 0.1) is 5.92 Å². The van der Waals surface area contributed by atoms with Crippen LogP contribution in [0.4, 0.5) is 10.6 Å². The first-order valence-electron chi connectivity index (χ1n) is 7.48. The molecule has 0 bridgehead atoms. The van der Waals surface area contributed by atoms with Crippen LogP contribution in [0.15, 0.2) is 10.6 Å². The summed E-state index contributed by atoms with van der Waals surface area (Å²) in [4.78, 5) is 24.2. The van der Waals surface area contributed by atoms with Crippen molar-refractivity contribution in [1.29, 1.82) is 0 Å². The molecule has 0 radical (unpaired) electrons. The minimum Gasteiger partial charge on any atom is -0.460 e. The molecular formula is C15H23N3O4. The summed E-state index contributed by atoms with van der Waals surface area (Å²) in [6.07, 6.45) is 2.37. The maximum atomic E-state index is 12.2. The molecule has 0 saturated heterocycles. The first-order chi connectivity index (χ1) is 10.2. The molecule has 0 spiro atoms. The minimum atomic E-state index is -0.523. The van der Waals surface area contributed by atoms with Gasteiger partial charge in [-0.1, -0.05) is 11.6 Å². The number of hydrogen-bond acceptors (Lipinski definition) is 5. The van der Waals surface area contributed by atoms with Crippen molar-refractivity contribution in [3.63, 3.8) is 0 Å². The Bertz CT molecular complexity index is 547. The van der Waals surface area contributed by atoms with Gasteiger partial charge in [-0.2, -0.15) is 0 Å². The Morgan fingerprint density at radius 3 is 2.68 bits per heavy atom. The molecule has 0 aromatic carbocycles. The van der Waals surface area contributed by atoms with Gasteiger partial charge in [0.25, 0.3) is 0 Å². The highest BCUT2D eigenvalue weighted by molar-refractivity contribution is 5.89. The van der Waals surface area contributed by atoms with Crippen molar-refractivity contribution in [2.24, 2.45) is 5.92 Å². The standard InChI is InChI=1S/C15H23N3O4/c1-9-8-12(18-22-9)17-14(20)16-11-7-5-6-10(11)13(19)21-15(2,3)4/h8,10-11H,5-7H2,1-4H3,(H2,16,17,18,20). The second-order valence-corrected chi connectivity index (χ2v) is 6.60. The summed E-state index contributed by atoms with van der Waals surface area (Å²) in [5, 5.41) is 9.11. The van der Waals surface area contributed by atoms with Crippen molar-refractivity contribution >= 4 is 17.8 Å². The third-order valence-corrected chi connectivity index (χ3v) is 3.41. The lowest BCUT2D eigenvalue weighted by molar-refractivity contribution is -0.160. The minimum absolute atomic E-state index is 0.220. The van der Waals surface area contributed by atoms with E-state index < -0.39 is 11.6 Å². The lowest BCUT2D eigenvalue weighted by Crippen LogP contribution is -2.44. The molecule has 2 atom stereocenters. The van der Waals surface area contributed by atoms with E-state index in [0.29, 0.717) is 11.6 Å². The van der Waals surface area contributed by atoms with Crippen molar-refractivity contribution in [3.8, 4) is 0 Å². The van der Waals surface area contributed by atoms with E-state index in [1.807, 2.05) is 20.8 Å². The fraction of sp³-hybridized carbons (Fsp3) is 0.667. The summed E-state index contributed by atoms with van der Waals surface area (Å²) >= 11 is 0. The molecular weight excluding hydrogens is 286 g/mol. The third kappa shape index (κ3) is 4.47. The molecule has 1 aromatic heterocycles. The van der Waals surface area contributed by atoms with Gasteiger partial charge in [-0.25, -0.2) is 4.79 Å². The normalized spacial score (nSPS) is 21.5. The fourth-order valence-electron chi connectivity index (χ4n) is 2.54. The number of nitrogens with zero attached hydrogens (tertiary/aromatic N) is 1. The summed E-state index contributed by atoms with van der Waals surface area (Å²) < 4.78 is 10.3. The summed E-state index contributed by atoms with van der Waals surface area (Å²) in [5.41, 5.74) is -0.523. The summed E-state index contributed by atoms with van der Waals surface area (Å²) in [7, 11) is 0. The van der Waals surface area contributed by atoms with E-state index in [9.17, 15) is 9.59 Å². The van der Waals surface area contributed by atoms with Crippen LogP contribution in [0.5, 0.6) is 0 Å². The van der Waals surface area contributed by atoms with Crippen molar-refractivity contribution in [3.05, 3.63) is 11.8 Å². The smallest absolute Gasteiger partial charge is 0.320 e. The maximum Gasteiger partial charge on any atom is 0.320 e. The zero-order valence-corrected chi connectivity index (χ0v) is 13.4. The molecule has 122 valence electrons. The number of carbonyl (C=O) groups is 2. The number of nitrogens with one attached hydrogen (secondary N) is 2. The molecule has 1 aliphatic carbocycles. The molecule has 2 rings (SSSR count). The van der Waals surface area contributed by atoms with E-state index in [1.165, 1.54) is 0 Å². The molecule has 2 amide bonds. The first-order valence-corrected chi connectivity index (χ1v) is 7.48. The number of aromatic nitrogens is 1. The van der Waals surface area contributed by atoms with Gasteiger partial charge in [-0.3, -0.25) is 10.1 Å². The van der Waals surface area contributed by atoms with Gasteiger partial charge in [-0.15, -0.1) is 0 Å². The van der Waals surface area contributed by atoms with Crippen LogP contribution in [0.3, 0.4) is 0 Å². The molecule has 7 heteroatoms. The zero-order valence-electron chi connectivity index (χ0n) is 13.4. The van der Waals surface area contributed by atoms with Crippen LogP contribution in [-0.4, -0.2) is 28.8 Å². The highest BCUT2D eigenvalue weighted by Crippen LogP contribution is 2.28. The molecule has 0 aliphatic heterocycles. The van der Waals surface area contributed by atoms with Gasteiger partial charge < -0.3 is 14.6 Å². The Morgan fingerprint density at radius 2 is 2.09 bits per heavy atom. The molecule has 7 nitrogen and oxygen atoms in total. The Hall–Kier alpha value is -2.05. The van der Waals surface area contributed by atoms with Crippen molar-refractivity contribution in [2.45, 2.75) is 58.6 Å². The quantitative estimate of drug-likeness (QED) is 0.837. The molecule has 1 heterocycles. The zero-order chi connectivity index (χ0) is 16.3. The monoisotopic (exact) mass is 309 g/mol. The average Bonchev–Trinajstić information content (AvgIpc) is 2.96. The van der Waals surface area contributed by atoms with Gasteiger partial charge in [-0.05, 0) is 40.5 Å². The van der Waals surface area contributed by atoms with E-state index in [-0.39, 0.29) is 17.9 Å². The van der Waals surface area contributed by atoms with Crippen LogP contribution in [0.2, 0.25) is 0 Å². The van der Waals surface area contributed by atoms with Crippen LogP contribution in [0, 0.1) is 12.8 Å². The molecule has 22 heavy (non-hydrogen) atoms. The van der Waals surface area contributed by atoms with E-state index in [4.69, 9.17) is 9.26 Å². The Morgan fingerprint density at radius 1 is 1.36 bits per heavy atom. The summed E-state index contributed by atoms with van der Waals surface area (Å²) in [5.74, 6) is 0.404. The summed E-state index contributed by atoms with van der Waals surface area (Å²) in [6.45, 7) is 7.25. The fourth-order valence-corrected chi connectivity index (χ4v) is 2.54. The number of hydrogen-bond donors (Lipinski definition) is 2. The van der Waals surface area contributed by atoms with E-state index >= 15 is 0 Å². The van der Waals surface area contributed by atoms with Gasteiger partial charge in [0, 0.05) is 12.1 Å². The number of urea groups is 1. The van der Waals surface area contributed by atoms with E-state index in [1.54, 1.807) is 13.0 Å². The van der Waals surface area contributed by atoms with Crippen molar-refractivity contribution in [2.75, 3.05) is 5.32 Å². The third-order valence-electron chi connectivity index (χ3n) is 3.41. The van der Waals surface area contributed by atoms with E-state index in [2.05, 4.69) is 15.8 Å². The number of aryl methyl sites for hydroxylation is 1. The topological polar surface area (TPSA) is 93.5 Å². The highest BCUT2D eigenvalue weighted by Gasteiger charge is 2.36. The Kier molecular flexibility index (Phi) is 4.73. The number of rotatable bonds is 3. The van der Waals surface area contributed by atoms with Crippen molar-refractivity contribution in [1.82, 2.24) is 10.5 Å². The number of esters is 1. The SMILES string of the molecule is Cc1cc(NC(=O)NC2CCCC2C(=O)OC(C)(C)C)no1. The summed E-state index contributed by atoms with van der Waals surface area (Å²) in [6, 6.07) is 1.01. The van der Waals surface area contributed by atoms with Crippen molar-refractivity contribution < 1.29 is 18.8 Å². The first kappa shape index (κ1) is 16.3. The molecule has 1 aliphatic rings. The number of amides is 2. The number of anilines is 1. The lowest BCUT2D eigenvalue weighted by atomic mass is 10.0. The largest absolute Gasteiger partial charge is 0.460 e. The number of carbonyl (C=O) groups excluding carboxylic acids is 2. The highest BCUT2D eigenvalue weighted by atomic mass is 16.6. The van der Waals surface area contributed by atoms with Gasteiger partial charge >= 0.3 is 12.0 Å². The average molecular weight is 309 g/mol. The van der Waals surface area contributed by atoms with Gasteiger partial charge in [0.2, 0.25) is 0 Å². The molecule has 1 saturated carbocycles. The Balaban J connectivity index is 1.90. The molecule has 2 unspecified atom stereocenters. The molecule has 1 fully saturated rings. The number of ether oxygens (including phenoxy) is 1. The van der Waals surface area contributed by atoms with Gasteiger partial charge in [0.1, 0.15) is 11.4 Å². The predicted octanol–water partition coefficient (Wildman–Crippen LogP) is 2.61. The Labute approximate surface area is 129 Å². The second kappa shape index (κ2) is 6.37. The van der Waals surface area contributed by atoms with Crippen LogP contribution < -0.4 is 10.6 Å². The lowest BCUT2D eigenvalue weighted by Gasteiger charge is -2.25. The van der Waals surface area contributed by atoms with Gasteiger partial charge in [0.15, 0.2) is 5.82 Å². The predicted molar refractivity (Wildman–Crippen MR) is 80.4 cm³/mol.